The van der Waals surface area contributed by atoms with Crippen LogP contribution in [0, 0.1) is 13.8 Å². The molecule has 0 saturated carbocycles. The number of ether oxygens (including phenoxy) is 1. The number of nitrogen functional groups attached to an aromatic ring is 1. The molecule has 94 valence electrons. The summed E-state index contributed by atoms with van der Waals surface area (Å²) in [7, 11) is 0. The highest BCUT2D eigenvalue weighted by atomic mass is 79.9. The van der Waals surface area contributed by atoms with Crippen LogP contribution in [0.1, 0.15) is 11.1 Å². The molecule has 0 aliphatic heterocycles. The molecule has 0 radical (unpaired) electrons. The van der Waals surface area contributed by atoms with E-state index in [2.05, 4.69) is 20.9 Å². The van der Waals surface area contributed by atoms with E-state index in [1.54, 1.807) is 12.1 Å². The number of halogens is 2. The van der Waals surface area contributed by atoms with Crippen LogP contribution in [0.5, 0.6) is 11.6 Å². The highest BCUT2D eigenvalue weighted by Gasteiger charge is 2.09. The highest BCUT2D eigenvalue weighted by Crippen LogP contribution is 2.32. The molecule has 18 heavy (non-hydrogen) atoms. The highest BCUT2D eigenvalue weighted by molar-refractivity contribution is 9.10. The van der Waals surface area contributed by atoms with Crippen molar-refractivity contribution < 1.29 is 4.74 Å². The first-order valence-corrected chi connectivity index (χ1v) is 6.50. The minimum atomic E-state index is 0.464. The third-order valence-corrected chi connectivity index (χ3v) is 3.32. The van der Waals surface area contributed by atoms with E-state index < -0.39 is 0 Å². The normalized spacial score (nSPS) is 10.4. The Hall–Kier alpha value is -1.26. The number of nitrogens with zero attached hydrogens (tertiary/aromatic N) is 1. The second-order valence-corrected chi connectivity index (χ2v) is 5.31. The van der Waals surface area contributed by atoms with Gasteiger partial charge in [-0.2, -0.15) is 0 Å². The topological polar surface area (TPSA) is 48.1 Å². The van der Waals surface area contributed by atoms with Gasteiger partial charge in [-0.05, 0) is 47.0 Å². The molecule has 1 heterocycles. The summed E-state index contributed by atoms with van der Waals surface area (Å²) < 4.78 is 6.44. The molecular formula is C13H12BrClN2O. The average molecular weight is 328 g/mol. The molecule has 0 unspecified atom stereocenters. The molecule has 1 aromatic carbocycles. The Labute approximate surface area is 119 Å². The number of pyridine rings is 1. The lowest BCUT2D eigenvalue weighted by Crippen LogP contribution is -1.95. The summed E-state index contributed by atoms with van der Waals surface area (Å²) in [5.74, 6) is 1.15. The van der Waals surface area contributed by atoms with Gasteiger partial charge in [0.1, 0.15) is 5.75 Å². The number of benzene rings is 1. The van der Waals surface area contributed by atoms with Crippen LogP contribution in [-0.2, 0) is 0 Å². The summed E-state index contributed by atoms with van der Waals surface area (Å²) in [4.78, 5) is 4.12. The zero-order valence-electron chi connectivity index (χ0n) is 10.00. The lowest BCUT2D eigenvalue weighted by atomic mass is 10.1. The first kappa shape index (κ1) is 13.2. The van der Waals surface area contributed by atoms with E-state index in [0.29, 0.717) is 26.8 Å². The molecule has 0 bridgehead atoms. The van der Waals surface area contributed by atoms with Crippen molar-refractivity contribution in [2.24, 2.45) is 0 Å². The molecule has 0 fully saturated rings. The molecule has 0 atom stereocenters. The zero-order valence-corrected chi connectivity index (χ0v) is 12.3. The molecular weight excluding hydrogens is 316 g/mol. The molecule has 0 amide bonds. The standard InChI is InChI=1S/C13H12BrClN2O/c1-7-3-8(2)12(5-11(7)16)18-13-10(14)4-9(15)6-17-13/h3-6H,16H2,1-2H3. The molecule has 0 aliphatic rings. The van der Waals surface area contributed by atoms with Crippen LogP contribution in [0.4, 0.5) is 5.69 Å². The van der Waals surface area contributed by atoms with Crippen molar-refractivity contribution in [1.29, 1.82) is 0 Å². The average Bonchev–Trinajstić information content (AvgIpc) is 2.29. The Morgan fingerprint density at radius 1 is 1.22 bits per heavy atom. The van der Waals surface area contributed by atoms with Crippen LogP contribution in [0.25, 0.3) is 0 Å². The van der Waals surface area contributed by atoms with Crippen molar-refractivity contribution in [2.45, 2.75) is 13.8 Å². The summed E-state index contributed by atoms with van der Waals surface area (Å²) in [5.41, 5.74) is 8.60. The van der Waals surface area contributed by atoms with E-state index in [1.807, 2.05) is 19.9 Å². The van der Waals surface area contributed by atoms with Crippen molar-refractivity contribution in [3.63, 3.8) is 0 Å². The first-order valence-electron chi connectivity index (χ1n) is 5.33. The number of hydrogen-bond acceptors (Lipinski definition) is 3. The molecule has 0 aliphatic carbocycles. The number of nitrogens with two attached hydrogens (primary N) is 1. The Morgan fingerprint density at radius 3 is 2.61 bits per heavy atom. The van der Waals surface area contributed by atoms with Gasteiger partial charge in [0.15, 0.2) is 0 Å². The van der Waals surface area contributed by atoms with E-state index in [1.165, 1.54) is 6.20 Å². The molecule has 5 heteroatoms. The lowest BCUT2D eigenvalue weighted by Gasteiger charge is -2.11. The third-order valence-electron chi connectivity index (χ3n) is 2.54. The van der Waals surface area contributed by atoms with Gasteiger partial charge >= 0.3 is 0 Å². The summed E-state index contributed by atoms with van der Waals surface area (Å²) in [6.45, 7) is 3.92. The van der Waals surface area contributed by atoms with Crippen LogP contribution >= 0.6 is 27.5 Å². The number of rotatable bonds is 2. The van der Waals surface area contributed by atoms with Crippen LogP contribution in [0.15, 0.2) is 28.9 Å². The summed E-state index contributed by atoms with van der Waals surface area (Å²) in [6, 6.07) is 5.51. The molecule has 3 nitrogen and oxygen atoms in total. The van der Waals surface area contributed by atoms with Gasteiger partial charge in [-0.3, -0.25) is 0 Å². The van der Waals surface area contributed by atoms with Crippen LogP contribution in [0.3, 0.4) is 0 Å². The molecule has 0 spiro atoms. The van der Waals surface area contributed by atoms with Crippen molar-refractivity contribution >= 4 is 33.2 Å². The van der Waals surface area contributed by atoms with E-state index in [4.69, 9.17) is 22.1 Å². The fraction of sp³-hybridized carbons (Fsp3) is 0.154. The number of aromatic nitrogens is 1. The van der Waals surface area contributed by atoms with Gasteiger partial charge in [0, 0.05) is 18.0 Å². The Kier molecular flexibility index (Phi) is 3.78. The van der Waals surface area contributed by atoms with E-state index >= 15 is 0 Å². The summed E-state index contributed by atoms with van der Waals surface area (Å²) >= 11 is 9.19. The molecule has 2 N–H and O–H groups in total. The Bertz CT molecular complexity index is 602. The van der Waals surface area contributed by atoms with Crippen molar-refractivity contribution in [1.82, 2.24) is 4.98 Å². The monoisotopic (exact) mass is 326 g/mol. The fourth-order valence-electron chi connectivity index (χ4n) is 1.54. The number of hydrogen-bond donors (Lipinski definition) is 1. The fourth-order valence-corrected chi connectivity index (χ4v) is 2.26. The number of anilines is 1. The van der Waals surface area contributed by atoms with Crippen LogP contribution < -0.4 is 10.5 Å². The predicted molar refractivity (Wildman–Crippen MR) is 77.3 cm³/mol. The zero-order chi connectivity index (χ0) is 13.3. The Morgan fingerprint density at radius 2 is 1.94 bits per heavy atom. The smallest absolute Gasteiger partial charge is 0.233 e. The van der Waals surface area contributed by atoms with Gasteiger partial charge in [-0.1, -0.05) is 17.7 Å². The maximum atomic E-state index is 5.87. The van der Waals surface area contributed by atoms with E-state index in [9.17, 15) is 0 Å². The largest absolute Gasteiger partial charge is 0.438 e. The van der Waals surface area contributed by atoms with Gasteiger partial charge in [0.2, 0.25) is 5.88 Å². The minimum absolute atomic E-state index is 0.464. The molecule has 2 rings (SSSR count). The van der Waals surface area contributed by atoms with Gasteiger partial charge in [0.25, 0.3) is 0 Å². The van der Waals surface area contributed by atoms with Crippen LogP contribution in [-0.4, -0.2) is 4.98 Å². The summed E-state index contributed by atoms with van der Waals surface area (Å²) in [6.07, 6.45) is 1.54. The molecule has 2 aromatic rings. The first-order chi connectivity index (χ1) is 8.47. The predicted octanol–water partition coefficient (Wildman–Crippen LogP) is 4.49. The van der Waals surface area contributed by atoms with Gasteiger partial charge in [-0.25, -0.2) is 4.98 Å². The van der Waals surface area contributed by atoms with Crippen molar-refractivity contribution in [3.05, 3.63) is 45.0 Å². The minimum Gasteiger partial charge on any atom is -0.438 e. The second kappa shape index (κ2) is 5.16. The molecule has 0 saturated heterocycles. The van der Waals surface area contributed by atoms with Gasteiger partial charge in [-0.15, -0.1) is 0 Å². The van der Waals surface area contributed by atoms with Gasteiger partial charge in [0.05, 0.1) is 9.50 Å². The lowest BCUT2D eigenvalue weighted by molar-refractivity contribution is 0.456. The van der Waals surface area contributed by atoms with Crippen LogP contribution in [0.2, 0.25) is 5.02 Å². The van der Waals surface area contributed by atoms with Crippen molar-refractivity contribution in [3.8, 4) is 11.6 Å². The Balaban J connectivity index is 2.37. The summed E-state index contributed by atoms with van der Waals surface area (Å²) in [5, 5.41) is 0.550. The maximum absolute atomic E-state index is 5.87. The van der Waals surface area contributed by atoms with Crippen molar-refractivity contribution in [2.75, 3.05) is 5.73 Å². The van der Waals surface area contributed by atoms with Gasteiger partial charge < -0.3 is 10.5 Å². The third kappa shape index (κ3) is 2.76. The quantitative estimate of drug-likeness (QED) is 0.827. The SMILES string of the molecule is Cc1cc(C)c(Oc2ncc(Cl)cc2Br)cc1N. The van der Waals surface area contributed by atoms with E-state index in [0.717, 1.165) is 11.1 Å². The maximum Gasteiger partial charge on any atom is 0.233 e. The number of aryl methyl sites for hydroxylation is 2. The second-order valence-electron chi connectivity index (χ2n) is 4.02. The van der Waals surface area contributed by atoms with E-state index in [-0.39, 0.29) is 0 Å². The molecule has 1 aromatic heterocycles.